The van der Waals surface area contributed by atoms with Gasteiger partial charge in [0.1, 0.15) is 6.04 Å². The van der Waals surface area contributed by atoms with Gasteiger partial charge < -0.3 is 20.4 Å². The second kappa shape index (κ2) is 13.0. The molecule has 0 saturated carbocycles. The minimum absolute atomic E-state index is 0.0616. The molecule has 0 aliphatic rings. The zero-order chi connectivity index (χ0) is 26.0. The lowest BCUT2D eigenvalue weighted by molar-refractivity contribution is -0.660. The first-order valence-electron chi connectivity index (χ1n) is 10.5. The highest BCUT2D eigenvalue weighted by atomic mass is 16.4. The van der Waals surface area contributed by atoms with Gasteiger partial charge in [-0.05, 0) is 41.2 Å². The van der Waals surface area contributed by atoms with Crippen molar-refractivity contribution in [2.75, 3.05) is 39.3 Å². The van der Waals surface area contributed by atoms with Crippen molar-refractivity contribution in [2.24, 2.45) is 0 Å². The first-order valence-corrected chi connectivity index (χ1v) is 10.5. The number of carboxylic acid groups (broad SMARTS) is 4. The maximum Gasteiger partial charge on any atom is 0.317 e. The smallest absolute Gasteiger partial charge is 0.317 e. The Balaban J connectivity index is 2.28. The lowest BCUT2D eigenvalue weighted by Gasteiger charge is -2.23. The predicted octanol–water partition coefficient (Wildman–Crippen LogP) is -0.944. The van der Waals surface area contributed by atoms with Crippen LogP contribution in [-0.4, -0.2) is 108 Å². The molecule has 0 aliphatic heterocycles. The van der Waals surface area contributed by atoms with E-state index in [9.17, 15) is 24.1 Å². The van der Waals surface area contributed by atoms with Crippen LogP contribution in [0, 0.1) is 4.91 Å². The molecule has 0 spiro atoms. The molecule has 0 amide bonds. The number of carboxylic acids is 4. The third-order valence-electron chi connectivity index (χ3n) is 4.90. The summed E-state index contributed by atoms with van der Waals surface area (Å²) in [5.74, 6) is -4.69. The molecule has 15 heteroatoms. The Morgan fingerprint density at radius 2 is 1.40 bits per heavy atom. The Labute approximate surface area is 198 Å². The van der Waals surface area contributed by atoms with Gasteiger partial charge in [0, 0.05) is 17.2 Å². The third-order valence-corrected chi connectivity index (χ3v) is 4.90. The number of aromatic amines is 1. The highest BCUT2D eigenvalue weighted by Gasteiger charge is 2.27. The van der Waals surface area contributed by atoms with Gasteiger partial charge in [-0.25, -0.2) is 0 Å². The summed E-state index contributed by atoms with van der Waals surface area (Å²) in [5.41, 5.74) is 0.608. The van der Waals surface area contributed by atoms with Gasteiger partial charge >= 0.3 is 23.9 Å². The molecule has 35 heavy (non-hydrogen) atoms. The molecule has 0 radical (unpaired) electrons. The fourth-order valence-electron chi connectivity index (χ4n) is 3.56. The van der Waals surface area contributed by atoms with Crippen molar-refractivity contribution in [3.63, 3.8) is 0 Å². The lowest BCUT2D eigenvalue weighted by atomic mass is 10.1. The predicted molar refractivity (Wildman–Crippen MR) is 117 cm³/mol. The Morgan fingerprint density at radius 1 is 0.886 bits per heavy atom. The van der Waals surface area contributed by atoms with Crippen LogP contribution in [0.3, 0.4) is 0 Å². The molecule has 0 saturated heterocycles. The fraction of sp³-hybridized carbons (Fsp3) is 0.450. The van der Waals surface area contributed by atoms with Crippen LogP contribution in [0.1, 0.15) is 18.9 Å². The Kier molecular flexibility index (Phi) is 10.0. The second-order valence-corrected chi connectivity index (χ2v) is 7.78. The summed E-state index contributed by atoms with van der Waals surface area (Å²) < 4.78 is 0.277. The summed E-state index contributed by atoms with van der Waals surface area (Å²) in [6, 6.07) is 7.92. The van der Waals surface area contributed by atoms with E-state index in [1.807, 2.05) is 0 Å². The molecule has 190 valence electrons. The first kappa shape index (κ1) is 27.1. The number of tetrazole rings is 1. The van der Waals surface area contributed by atoms with E-state index in [0.717, 1.165) is 9.70 Å². The molecule has 0 fully saturated rings. The molecule has 1 heterocycles. The second-order valence-electron chi connectivity index (χ2n) is 7.78. The molecule has 0 bridgehead atoms. The van der Waals surface area contributed by atoms with Crippen LogP contribution in [-0.2, 0) is 19.2 Å². The number of hydrogen-bond donors (Lipinski definition) is 5. The number of hydrogen-bond acceptors (Lipinski definition) is 8. The summed E-state index contributed by atoms with van der Waals surface area (Å²) in [7, 11) is 0. The highest BCUT2D eigenvalue weighted by molar-refractivity contribution is 5.73. The molecule has 5 N–H and O–H groups in total. The van der Waals surface area contributed by atoms with Gasteiger partial charge in [-0.1, -0.05) is 18.2 Å². The first-order chi connectivity index (χ1) is 16.5. The number of carbonyl (C=O) groups is 4. The largest absolute Gasteiger partial charge is 0.480 e. The standard InChI is InChI=1S/C20H26N6O9/c27-16(28)10-23(11-17(29)30)8-4-7-15(9-24(12-18(31)32)13-19(33)34)25-21-20(22-26(25)35)14-5-2-1-3-6-14/h1-3,5-6,15H,4,7-13H2,(H4-,21,22,27,28,29,30,31,32,33,34,35)/p+1. The molecule has 15 nitrogen and oxygen atoms in total. The van der Waals surface area contributed by atoms with E-state index in [4.69, 9.17) is 20.4 Å². The Morgan fingerprint density at radius 3 is 1.91 bits per heavy atom. The highest BCUT2D eigenvalue weighted by Crippen LogP contribution is 2.17. The SMILES string of the molecule is O=C(O)CN(CCCC(CN(CC(=O)O)CC(=O)O)n1[nH]c(-c2ccccc2)n[n+]1=O)CC(=O)O. The summed E-state index contributed by atoms with van der Waals surface area (Å²) in [6.45, 7) is -2.28. The van der Waals surface area contributed by atoms with Gasteiger partial charge in [-0.3, -0.25) is 29.0 Å². The summed E-state index contributed by atoms with van der Waals surface area (Å²) in [5, 5.41) is 43.1. The summed E-state index contributed by atoms with van der Waals surface area (Å²) in [4.78, 5) is 60.5. The quantitative estimate of drug-likeness (QED) is 0.178. The summed E-state index contributed by atoms with van der Waals surface area (Å²) >= 11 is 0. The minimum Gasteiger partial charge on any atom is -0.480 e. The van der Waals surface area contributed by atoms with Crippen molar-refractivity contribution in [1.29, 1.82) is 0 Å². The van der Waals surface area contributed by atoms with E-state index in [1.54, 1.807) is 30.3 Å². The minimum atomic E-state index is -1.26. The van der Waals surface area contributed by atoms with E-state index in [2.05, 4.69) is 10.2 Å². The molecule has 2 aromatic rings. The van der Waals surface area contributed by atoms with Crippen molar-refractivity contribution in [3.05, 3.63) is 35.2 Å². The van der Waals surface area contributed by atoms with Gasteiger partial charge in [0.25, 0.3) is 5.82 Å². The Bertz CT molecular complexity index is 1050. The zero-order valence-electron chi connectivity index (χ0n) is 18.7. The molecule has 1 aromatic heterocycles. The number of benzene rings is 1. The maximum atomic E-state index is 12.6. The number of rotatable bonds is 16. The molecule has 1 unspecified atom stereocenters. The topological polar surface area (TPSA) is 212 Å². The fourth-order valence-corrected chi connectivity index (χ4v) is 3.56. The zero-order valence-corrected chi connectivity index (χ0v) is 18.7. The van der Waals surface area contributed by atoms with E-state index < -0.39 is 56.1 Å². The van der Waals surface area contributed by atoms with Crippen molar-refractivity contribution >= 4 is 23.9 Å². The van der Waals surface area contributed by atoms with Gasteiger partial charge in [0.05, 0.1) is 26.2 Å². The molecule has 0 aliphatic carbocycles. The van der Waals surface area contributed by atoms with Crippen LogP contribution in [0.5, 0.6) is 0 Å². The average Bonchev–Trinajstić information content (AvgIpc) is 3.13. The van der Waals surface area contributed by atoms with Gasteiger partial charge in [0.15, 0.2) is 4.66 Å². The normalized spacial score (nSPS) is 12.1. The number of nitrogens with one attached hydrogen (secondary N) is 1. The van der Waals surface area contributed by atoms with Gasteiger partial charge in [-0.15, -0.1) is 5.10 Å². The summed E-state index contributed by atoms with van der Waals surface area (Å²) in [6.07, 6.45) is 0.390. The van der Waals surface area contributed by atoms with Crippen LogP contribution in [0.15, 0.2) is 30.3 Å². The van der Waals surface area contributed by atoms with Crippen LogP contribution in [0.4, 0.5) is 0 Å². The van der Waals surface area contributed by atoms with Crippen molar-refractivity contribution < 1.29 is 44.3 Å². The Hall–Kier alpha value is -4.11. The third kappa shape index (κ3) is 9.34. The van der Waals surface area contributed by atoms with Crippen molar-refractivity contribution in [2.45, 2.75) is 18.9 Å². The number of nitrogens with zero attached hydrogens (tertiary/aromatic N) is 5. The average molecular weight is 495 g/mol. The van der Waals surface area contributed by atoms with Gasteiger partial charge in [0.2, 0.25) is 0 Å². The number of H-pyrrole nitrogens is 1. The maximum absolute atomic E-state index is 12.6. The monoisotopic (exact) mass is 495 g/mol. The van der Waals surface area contributed by atoms with E-state index in [-0.39, 0.29) is 36.4 Å². The molecule has 2 rings (SSSR count). The van der Waals surface area contributed by atoms with Crippen LogP contribution in [0.25, 0.3) is 11.4 Å². The molecular weight excluding hydrogens is 468 g/mol. The number of aliphatic carboxylic acids is 4. The lowest BCUT2D eigenvalue weighted by Crippen LogP contribution is -2.43. The molecule has 1 atom stereocenters. The van der Waals surface area contributed by atoms with Crippen molar-refractivity contribution in [1.82, 2.24) is 24.8 Å². The van der Waals surface area contributed by atoms with Crippen LogP contribution in [0.2, 0.25) is 0 Å². The van der Waals surface area contributed by atoms with Crippen molar-refractivity contribution in [3.8, 4) is 11.4 Å². The van der Waals surface area contributed by atoms with E-state index >= 15 is 0 Å². The van der Waals surface area contributed by atoms with Crippen LogP contribution < -0.4 is 4.66 Å². The van der Waals surface area contributed by atoms with E-state index in [1.165, 1.54) is 4.90 Å². The van der Waals surface area contributed by atoms with Gasteiger partial charge in [-0.2, -0.15) is 0 Å². The molecule has 1 aromatic carbocycles. The van der Waals surface area contributed by atoms with Crippen LogP contribution >= 0.6 is 0 Å². The number of aromatic nitrogens is 4. The molecular formula is C20H27N6O9+. The van der Waals surface area contributed by atoms with E-state index in [0.29, 0.717) is 5.56 Å².